The van der Waals surface area contributed by atoms with Crippen molar-refractivity contribution in [3.63, 3.8) is 0 Å². The standard InChI is InChI=1S/C23H18FN3O3/c1-15(23-26-21(27-30-23)16-8-7-9-17(24)14-16)25-22(28)19-12-5-6-13-20(19)29-18-10-3-2-4-11-18/h2-15H,1H3,(H,25,28). The van der Waals surface area contributed by atoms with Gasteiger partial charge in [0.2, 0.25) is 11.7 Å². The Kier molecular flexibility index (Phi) is 5.52. The number of amides is 1. The van der Waals surface area contributed by atoms with Gasteiger partial charge < -0.3 is 14.6 Å². The molecule has 0 saturated heterocycles. The van der Waals surface area contributed by atoms with Crippen molar-refractivity contribution in [2.24, 2.45) is 0 Å². The van der Waals surface area contributed by atoms with Crippen molar-refractivity contribution < 1.29 is 18.4 Å². The summed E-state index contributed by atoms with van der Waals surface area (Å²) in [5, 5.41) is 6.70. The first kappa shape index (κ1) is 19.3. The third-order valence-corrected chi connectivity index (χ3v) is 4.35. The zero-order valence-corrected chi connectivity index (χ0v) is 16.1. The van der Waals surface area contributed by atoms with Gasteiger partial charge in [-0.1, -0.05) is 47.6 Å². The number of nitrogens with zero attached hydrogens (tertiary/aromatic N) is 2. The quantitative estimate of drug-likeness (QED) is 0.481. The molecule has 1 N–H and O–H groups in total. The highest BCUT2D eigenvalue weighted by molar-refractivity contribution is 5.97. The van der Waals surface area contributed by atoms with Crippen LogP contribution in [-0.2, 0) is 0 Å². The van der Waals surface area contributed by atoms with Crippen LogP contribution in [0.2, 0.25) is 0 Å². The van der Waals surface area contributed by atoms with Crippen molar-refractivity contribution >= 4 is 5.91 Å². The van der Waals surface area contributed by atoms with Gasteiger partial charge in [-0.05, 0) is 43.3 Å². The number of ether oxygens (including phenoxy) is 1. The molecule has 30 heavy (non-hydrogen) atoms. The van der Waals surface area contributed by atoms with Gasteiger partial charge in [0.1, 0.15) is 23.4 Å². The number of hydrogen-bond acceptors (Lipinski definition) is 5. The van der Waals surface area contributed by atoms with E-state index < -0.39 is 11.9 Å². The molecule has 1 atom stereocenters. The Morgan fingerprint density at radius 1 is 1.03 bits per heavy atom. The molecule has 150 valence electrons. The van der Waals surface area contributed by atoms with Crippen molar-refractivity contribution in [3.8, 4) is 22.9 Å². The van der Waals surface area contributed by atoms with E-state index in [1.807, 2.05) is 30.3 Å². The third kappa shape index (κ3) is 4.35. The Morgan fingerprint density at radius 2 is 1.80 bits per heavy atom. The lowest BCUT2D eigenvalue weighted by Gasteiger charge is -2.13. The number of nitrogens with one attached hydrogen (secondary N) is 1. The number of hydrogen-bond donors (Lipinski definition) is 1. The van der Waals surface area contributed by atoms with Crippen LogP contribution in [0.3, 0.4) is 0 Å². The summed E-state index contributed by atoms with van der Waals surface area (Å²) in [6.07, 6.45) is 0. The highest BCUT2D eigenvalue weighted by atomic mass is 19.1. The second kappa shape index (κ2) is 8.57. The van der Waals surface area contributed by atoms with Crippen LogP contribution < -0.4 is 10.1 Å². The van der Waals surface area contributed by atoms with Gasteiger partial charge in [-0.25, -0.2) is 4.39 Å². The molecular weight excluding hydrogens is 385 g/mol. The van der Waals surface area contributed by atoms with E-state index >= 15 is 0 Å². The minimum absolute atomic E-state index is 0.212. The summed E-state index contributed by atoms with van der Waals surface area (Å²) in [4.78, 5) is 17.1. The fourth-order valence-corrected chi connectivity index (χ4v) is 2.85. The summed E-state index contributed by atoms with van der Waals surface area (Å²) in [7, 11) is 0. The molecule has 0 spiro atoms. The molecule has 0 bridgehead atoms. The normalized spacial score (nSPS) is 11.7. The number of halogens is 1. The van der Waals surface area contributed by atoms with Crippen LogP contribution in [0.25, 0.3) is 11.4 Å². The summed E-state index contributed by atoms with van der Waals surface area (Å²) < 4.78 is 24.5. The van der Waals surface area contributed by atoms with Crippen LogP contribution in [0.15, 0.2) is 83.4 Å². The Morgan fingerprint density at radius 3 is 2.60 bits per heavy atom. The fraction of sp³-hybridized carbons (Fsp3) is 0.0870. The molecule has 0 radical (unpaired) electrons. The lowest BCUT2D eigenvalue weighted by molar-refractivity contribution is 0.0930. The average molecular weight is 403 g/mol. The Bertz CT molecular complexity index is 1160. The van der Waals surface area contributed by atoms with Crippen LogP contribution in [0.4, 0.5) is 4.39 Å². The van der Waals surface area contributed by atoms with Crippen LogP contribution in [0.1, 0.15) is 29.2 Å². The van der Waals surface area contributed by atoms with Gasteiger partial charge >= 0.3 is 0 Å². The predicted octanol–water partition coefficient (Wildman–Crippen LogP) is 5.16. The predicted molar refractivity (Wildman–Crippen MR) is 109 cm³/mol. The molecule has 7 heteroatoms. The molecule has 0 aliphatic rings. The van der Waals surface area contributed by atoms with Crippen molar-refractivity contribution in [2.45, 2.75) is 13.0 Å². The molecule has 0 fully saturated rings. The topological polar surface area (TPSA) is 77.2 Å². The minimum Gasteiger partial charge on any atom is -0.457 e. The number of para-hydroxylation sites is 2. The highest BCUT2D eigenvalue weighted by Gasteiger charge is 2.20. The monoisotopic (exact) mass is 403 g/mol. The van der Waals surface area contributed by atoms with E-state index in [1.165, 1.54) is 12.1 Å². The summed E-state index contributed by atoms with van der Waals surface area (Å²) in [5.41, 5.74) is 0.864. The van der Waals surface area contributed by atoms with Gasteiger partial charge in [0.05, 0.1) is 5.56 Å². The second-order valence-corrected chi connectivity index (χ2v) is 6.57. The van der Waals surface area contributed by atoms with Gasteiger partial charge in [-0.2, -0.15) is 4.98 Å². The van der Waals surface area contributed by atoms with E-state index in [0.29, 0.717) is 22.6 Å². The van der Waals surface area contributed by atoms with Gasteiger partial charge in [0.15, 0.2) is 0 Å². The van der Waals surface area contributed by atoms with Crippen molar-refractivity contribution in [2.75, 3.05) is 0 Å². The molecule has 6 nitrogen and oxygen atoms in total. The molecule has 1 amide bonds. The Hall–Kier alpha value is -4.00. The van der Waals surface area contributed by atoms with Crippen LogP contribution in [-0.4, -0.2) is 16.0 Å². The zero-order valence-electron chi connectivity index (χ0n) is 16.1. The van der Waals surface area contributed by atoms with Crippen molar-refractivity contribution in [3.05, 3.63) is 96.1 Å². The molecular formula is C23H18FN3O3. The molecule has 4 aromatic rings. The van der Waals surface area contributed by atoms with Crippen LogP contribution in [0, 0.1) is 5.82 Å². The van der Waals surface area contributed by atoms with E-state index in [4.69, 9.17) is 9.26 Å². The maximum absolute atomic E-state index is 13.4. The number of carbonyl (C=O) groups excluding carboxylic acids is 1. The van der Waals surface area contributed by atoms with Crippen LogP contribution in [0.5, 0.6) is 11.5 Å². The summed E-state index contributed by atoms with van der Waals surface area (Å²) in [6, 6.07) is 21.5. The maximum Gasteiger partial charge on any atom is 0.255 e. The first-order valence-electron chi connectivity index (χ1n) is 9.32. The number of carbonyl (C=O) groups is 1. The van der Waals surface area contributed by atoms with Gasteiger partial charge in [-0.15, -0.1) is 0 Å². The summed E-state index contributed by atoms with van der Waals surface area (Å²) >= 11 is 0. The first-order chi connectivity index (χ1) is 14.6. The third-order valence-electron chi connectivity index (χ3n) is 4.35. The zero-order chi connectivity index (χ0) is 20.9. The maximum atomic E-state index is 13.4. The highest BCUT2D eigenvalue weighted by Crippen LogP contribution is 2.26. The molecule has 1 unspecified atom stereocenters. The van der Waals surface area contributed by atoms with Gasteiger partial charge in [0.25, 0.3) is 5.91 Å². The fourth-order valence-electron chi connectivity index (χ4n) is 2.85. The SMILES string of the molecule is CC(NC(=O)c1ccccc1Oc1ccccc1)c1nc(-c2cccc(F)c2)no1. The Labute approximate surface area is 172 Å². The van der Waals surface area contributed by atoms with Crippen molar-refractivity contribution in [1.29, 1.82) is 0 Å². The lowest BCUT2D eigenvalue weighted by atomic mass is 10.1. The molecule has 1 aromatic heterocycles. The van der Waals surface area contributed by atoms with Gasteiger partial charge in [-0.3, -0.25) is 4.79 Å². The smallest absolute Gasteiger partial charge is 0.255 e. The van der Waals surface area contributed by atoms with Crippen LogP contribution >= 0.6 is 0 Å². The van der Waals surface area contributed by atoms with E-state index in [-0.39, 0.29) is 17.6 Å². The average Bonchev–Trinajstić information content (AvgIpc) is 3.25. The summed E-state index contributed by atoms with van der Waals surface area (Å²) in [6.45, 7) is 1.72. The lowest BCUT2D eigenvalue weighted by Crippen LogP contribution is -2.27. The van der Waals surface area contributed by atoms with E-state index in [1.54, 1.807) is 43.3 Å². The molecule has 4 rings (SSSR count). The molecule has 3 aromatic carbocycles. The van der Waals surface area contributed by atoms with E-state index in [0.717, 1.165) is 0 Å². The number of rotatable bonds is 6. The molecule has 0 aliphatic carbocycles. The van der Waals surface area contributed by atoms with E-state index in [9.17, 15) is 9.18 Å². The first-order valence-corrected chi connectivity index (χ1v) is 9.32. The van der Waals surface area contributed by atoms with Crippen molar-refractivity contribution in [1.82, 2.24) is 15.5 Å². The molecule has 1 heterocycles. The number of aromatic nitrogens is 2. The minimum atomic E-state index is -0.558. The Balaban J connectivity index is 1.49. The largest absolute Gasteiger partial charge is 0.457 e. The second-order valence-electron chi connectivity index (χ2n) is 6.57. The number of benzene rings is 3. The molecule has 0 saturated carbocycles. The molecule has 0 aliphatic heterocycles. The summed E-state index contributed by atoms with van der Waals surface area (Å²) in [5.74, 6) is 0.777. The van der Waals surface area contributed by atoms with Gasteiger partial charge in [0, 0.05) is 5.56 Å². The van der Waals surface area contributed by atoms with E-state index in [2.05, 4.69) is 15.5 Å².